The zero-order valence-electron chi connectivity index (χ0n) is 11.3. The van der Waals surface area contributed by atoms with Gasteiger partial charge in [-0.15, -0.1) is 0 Å². The minimum absolute atomic E-state index is 0.0903. The van der Waals surface area contributed by atoms with Crippen molar-refractivity contribution in [1.82, 2.24) is 5.32 Å². The Morgan fingerprint density at radius 2 is 2.05 bits per heavy atom. The molecule has 0 heterocycles. The fourth-order valence-corrected chi connectivity index (χ4v) is 2.37. The van der Waals surface area contributed by atoms with Gasteiger partial charge in [-0.1, -0.05) is 18.6 Å². The average Bonchev–Trinajstić information content (AvgIpc) is 2.29. The van der Waals surface area contributed by atoms with Crippen LogP contribution in [-0.2, 0) is 11.2 Å². The first kappa shape index (κ1) is 13.9. The number of benzene rings is 1. The van der Waals surface area contributed by atoms with Gasteiger partial charge < -0.3 is 16.2 Å². The van der Waals surface area contributed by atoms with Crippen LogP contribution in [0, 0.1) is 5.92 Å². The van der Waals surface area contributed by atoms with Crippen molar-refractivity contribution in [2.45, 2.75) is 44.7 Å². The van der Waals surface area contributed by atoms with Crippen LogP contribution in [0.5, 0.6) is 5.75 Å². The van der Waals surface area contributed by atoms with Crippen LogP contribution in [0.15, 0.2) is 24.3 Å². The molecule has 2 rings (SSSR count). The lowest BCUT2D eigenvalue weighted by molar-refractivity contribution is -0.123. The highest BCUT2D eigenvalue weighted by Gasteiger charge is 2.26. The van der Waals surface area contributed by atoms with Gasteiger partial charge >= 0.3 is 0 Å². The molecule has 4 N–H and O–H groups in total. The van der Waals surface area contributed by atoms with Gasteiger partial charge in [-0.05, 0) is 49.8 Å². The zero-order chi connectivity index (χ0) is 13.8. The number of aromatic hydroxyl groups is 1. The number of nitrogens with two attached hydrogens (primary N) is 1. The molecule has 0 radical (unpaired) electrons. The summed E-state index contributed by atoms with van der Waals surface area (Å²) in [4.78, 5) is 12.0. The summed E-state index contributed by atoms with van der Waals surface area (Å²) < 4.78 is 0. The molecule has 4 heteroatoms. The van der Waals surface area contributed by atoms with E-state index in [1.807, 2.05) is 0 Å². The number of rotatable bonds is 5. The van der Waals surface area contributed by atoms with Crippen LogP contribution >= 0.6 is 0 Å². The number of phenols is 1. The van der Waals surface area contributed by atoms with Crippen molar-refractivity contribution in [2.75, 3.05) is 0 Å². The minimum Gasteiger partial charge on any atom is -0.508 e. The largest absolute Gasteiger partial charge is 0.508 e. The first-order valence-corrected chi connectivity index (χ1v) is 6.90. The fourth-order valence-electron chi connectivity index (χ4n) is 2.37. The second-order valence-electron chi connectivity index (χ2n) is 5.47. The van der Waals surface area contributed by atoms with E-state index in [9.17, 15) is 9.90 Å². The highest BCUT2D eigenvalue weighted by Crippen LogP contribution is 2.29. The van der Waals surface area contributed by atoms with Crippen LogP contribution in [0.1, 0.15) is 31.7 Å². The molecule has 104 valence electrons. The minimum atomic E-state index is -0.535. The molecule has 0 saturated heterocycles. The molecule has 1 aliphatic carbocycles. The van der Waals surface area contributed by atoms with Gasteiger partial charge in [-0.25, -0.2) is 0 Å². The van der Waals surface area contributed by atoms with Crippen LogP contribution in [-0.4, -0.2) is 23.1 Å². The molecule has 0 spiro atoms. The third-order valence-corrected chi connectivity index (χ3v) is 3.96. The van der Waals surface area contributed by atoms with Crippen LogP contribution < -0.4 is 11.1 Å². The number of hydrogen-bond acceptors (Lipinski definition) is 3. The van der Waals surface area contributed by atoms with Crippen LogP contribution in [0.4, 0.5) is 0 Å². The van der Waals surface area contributed by atoms with Crippen LogP contribution in [0.3, 0.4) is 0 Å². The number of carbonyl (C=O) groups excluding carboxylic acids is 1. The Kier molecular flexibility index (Phi) is 4.43. The lowest BCUT2D eigenvalue weighted by Crippen LogP contribution is -2.48. The van der Waals surface area contributed by atoms with Gasteiger partial charge in [0.25, 0.3) is 0 Å². The average molecular weight is 262 g/mol. The van der Waals surface area contributed by atoms with Crippen molar-refractivity contribution in [2.24, 2.45) is 11.7 Å². The van der Waals surface area contributed by atoms with Crippen molar-refractivity contribution in [3.8, 4) is 5.75 Å². The first-order chi connectivity index (χ1) is 9.06. The molecule has 1 aromatic carbocycles. The van der Waals surface area contributed by atoms with Gasteiger partial charge in [0.1, 0.15) is 5.75 Å². The van der Waals surface area contributed by atoms with Gasteiger partial charge in [0.05, 0.1) is 6.04 Å². The summed E-state index contributed by atoms with van der Waals surface area (Å²) in [6.45, 7) is 2.05. The third-order valence-electron chi connectivity index (χ3n) is 3.96. The highest BCUT2D eigenvalue weighted by molar-refractivity contribution is 5.82. The van der Waals surface area contributed by atoms with E-state index in [-0.39, 0.29) is 17.7 Å². The topological polar surface area (TPSA) is 75.4 Å². The Bertz CT molecular complexity index is 426. The maximum absolute atomic E-state index is 12.0. The summed E-state index contributed by atoms with van der Waals surface area (Å²) in [5.41, 5.74) is 6.88. The molecule has 4 nitrogen and oxygen atoms in total. The SMILES string of the molecule is CC(NC(=O)C(N)Cc1ccc(O)cc1)C1CCC1. The normalized spacial score (nSPS) is 18.4. The van der Waals surface area contributed by atoms with Crippen molar-refractivity contribution >= 4 is 5.91 Å². The standard InChI is InChI=1S/C15H22N2O2/c1-10(12-3-2-4-12)17-15(19)14(16)9-11-5-7-13(18)8-6-11/h5-8,10,12,14,18H,2-4,9,16H2,1H3,(H,17,19). The van der Waals surface area contributed by atoms with E-state index in [0.29, 0.717) is 12.3 Å². The Morgan fingerprint density at radius 1 is 1.42 bits per heavy atom. The summed E-state index contributed by atoms with van der Waals surface area (Å²) >= 11 is 0. The molecule has 0 bridgehead atoms. The van der Waals surface area contributed by atoms with Gasteiger partial charge in [0.15, 0.2) is 0 Å². The van der Waals surface area contributed by atoms with Crippen molar-refractivity contribution in [3.63, 3.8) is 0 Å². The molecule has 19 heavy (non-hydrogen) atoms. The third kappa shape index (κ3) is 3.70. The quantitative estimate of drug-likeness (QED) is 0.754. The summed E-state index contributed by atoms with van der Waals surface area (Å²) in [5.74, 6) is 0.748. The van der Waals surface area contributed by atoms with Gasteiger partial charge in [0, 0.05) is 6.04 Å². The van der Waals surface area contributed by atoms with Crippen molar-refractivity contribution in [1.29, 1.82) is 0 Å². The van der Waals surface area contributed by atoms with E-state index in [1.54, 1.807) is 24.3 Å². The smallest absolute Gasteiger partial charge is 0.237 e. The van der Waals surface area contributed by atoms with Crippen LogP contribution in [0.25, 0.3) is 0 Å². The van der Waals surface area contributed by atoms with Crippen molar-refractivity contribution in [3.05, 3.63) is 29.8 Å². The van der Waals surface area contributed by atoms with E-state index in [1.165, 1.54) is 19.3 Å². The second kappa shape index (κ2) is 6.06. The molecule has 1 aromatic rings. The summed E-state index contributed by atoms with van der Waals surface area (Å²) in [6.07, 6.45) is 4.16. The van der Waals surface area contributed by atoms with Gasteiger partial charge in [-0.3, -0.25) is 4.79 Å². The first-order valence-electron chi connectivity index (χ1n) is 6.90. The van der Waals surface area contributed by atoms with Crippen molar-refractivity contribution < 1.29 is 9.90 Å². The highest BCUT2D eigenvalue weighted by atomic mass is 16.3. The van der Waals surface area contributed by atoms with Gasteiger partial charge in [0.2, 0.25) is 5.91 Å². The molecule has 2 unspecified atom stereocenters. The maximum atomic E-state index is 12.0. The summed E-state index contributed by atoms with van der Waals surface area (Å²) in [6, 6.07) is 6.47. The molecule has 0 aromatic heterocycles. The molecule has 1 amide bonds. The Hall–Kier alpha value is -1.55. The van der Waals surface area contributed by atoms with E-state index >= 15 is 0 Å². The molecule has 1 saturated carbocycles. The Labute approximate surface area is 114 Å². The molecular formula is C15H22N2O2. The summed E-state index contributed by atoms with van der Waals surface area (Å²) in [5, 5.41) is 12.2. The van der Waals surface area contributed by atoms with E-state index < -0.39 is 6.04 Å². The number of amides is 1. The Balaban J connectivity index is 1.82. The van der Waals surface area contributed by atoms with E-state index in [4.69, 9.17) is 5.73 Å². The predicted octanol–water partition coefficient (Wildman–Crippen LogP) is 1.57. The number of hydrogen-bond donors (Lipinski definition) is 3. The molecule has 1 aliphatic rings. The van der Waals surface area contributed by atoms with E-state index in [2.05, 4.69) is 12.2 Å². The fraction of sp³-hybridized carbons (Fsp3) is 0.533. The number of phenolic OH excluding ortho intramolecular Hbond substituents is 1. The Morgan fingerprint density at radius 3 is 2.58 bits per heavy atom. The lowest BCUT2D eigenvalue weighted by Gasteiger charge is -2.32. The zero-order valence-corrected chi connectivity index (χ0v) is 11.3. The molecule has 1 fully saturated rings. The summed E-state index contributed by atoms with van der Waals surface area (Å²) in [7, 11) is 0. The van der Waals surface area contributed by atoms with Gasteiger partial charge in [-0.2, -0.15) is 0 Å². The van der Waals surface area contributed by atoms with Crippen LogP contribution in [0.2, 0.25) is 0 Å². The second-order valence-corrected chi connectivity index (χ2v) is 5.47. The number of nitrogens with one attached hydrogen (secondary N) is 1. The predicted molar refractivity (Wildman–Crippen MR) is 74.7 cm³/mol. The van der Waals surface area contributed by atoms with E-state index in [0.717, 1.165) is 5.56 Å². The number of carbonyl (C=O) groups is 1. The lowest BCUT2D eigenvalue weighted by atomic mass is 9.80. The molecule has 0 aliphatic heterocycles. The maximum Gasteiger partial charge on any atom is 0.237 e. The molecule has 2 atom stereocenters. The monoisotopic (exact) mass is 262 g/mol. The molecular weight excluding hydrogens is 240 g/mol.